The Hall–Kier alpha value is -2.36. The molecule has 2 aliphatic rings. The number of phenolic OH excluding ortho intramolecular Hbond substituents is 1. The van der Waals surface area contributed by atoms with Gasteiger partial charge in [0.2, 0.25) is 0 Å². The van der Waals surface area contributed by atoms with Crippen molar-refractivity contribution in [3.63, 3.8) is 0 Å². The molecule has 0 bridgehead atoms. The molecule has 0 spiro atoms. The van der Waals surface area contributed by atoms with Gasteiger partial charge in [-0.05, 0) is 6.07 Å². The summed E-state index contributed by atoms with van der Waals surface area (Å²) in [5.41, 5.74) is 1.06. The SMILES string of the molecule is O=Cc1cccc(CN2C=NC3C=CC=CC32)c1O. The van der Waals surface area contributed by atoms with Gasteiger partial charge in [0.1, 0.15) is 5.75 Å². The monoisotopic (exact) mass is 254 g/mol. The first-order valence-electron chi connectivity index (χ1n) is 6.19. The topological polar surface area (TPSA) is 52.9 Å². The number of aldehydes is 1. The van der Waals surface area contributed by atoms with Crippen molar-refractivity contribution in [3.8, 4) is 5.75 Å². The summed E-state index contributed by atoms with van der Waals surface area (Å²) in [4.78, 5) is 17.3. The van der Waals surface area contributed by atoms with Crippen LogP contribution < -0.4 is 0 Å². The molecule has 4 heteroatoms. The number of rotatable bonds is 3. The van der Waals surface area contributed by atoms with E-state index in [0.717, 1.165) is 5.56 Å². The molecule has 1 aromatic rings. The highest BCUT2D eigenvalue weighted by Crippen LogP contribution is 2.26. The van der Waals surface area contributed by atoms with Gasteiger partial charge in [-0.15, -0.1) is 0 Å². The maximum absolute atomic E-state index is 10.8. The second-order valence-electron chi connectivity index (χ2n) is 4.66. The summed E-state index contributed by atoms with van der Waals surface area (Å²) in [6, 6.07) is 5.56. The van der Waals surface area contributed by atoms with Gasteiger partial charge in [-0.25, -0.2) is 0 Å². The molecule has 0 fully saturated rings. The van der Waals surface area contributed by atoms with Crippen LogP contribution in [0.15, 0.2) is 47.5 Å². The lowest BCUT2D eigenvalue weighted by atomic mass is 10.0. The van der Waals surface area contributed by atoms with Crippen LogP contribution in [0.3, 0.4) is 0 Å². The van der Waals surface area contributed by atoms with E-state index in [4.69, 9.17) is 0 Å². The van der Waals surface area contributed by atoms with Crippen LogP contribution in [0.5, 0.6) is 5.75 Å². The maximum atomic E-state index is 10.8. The Morgan fingerprint density at radius 3 is 3.00 bits per heavy atom. The molecule has 2 atom stereocenters. The number of aliphatic imine (C=N–C) groups is 1. The molecule has 0 amide bonds. The molecule has 0 aromatic heterocycles. The van der Waals surface area contributed by atoms with Gasteiger partial charge in [0.25, 0.3) is 0 Å². The van der Waals surface area contributed by atoms with Gasteiger partial charge in [0.15, 0.2) is 6.29 Å². The Labute approximate surface area is 111 Å². The van der Waals surface area contributed by atoms with Crippen molar-refractivity contribution >= 4 is 12.6 Å². The molecule has 0 radical (unpaired) electrons. The molecule has 0 saturated heterocycles. The van der Waals surface area contributed by atoms with Crippen LogP contribution in [0.25, 0.3) is 0 Å². The fourth-order valence-corrected chi connectivity index (χ4v) is 2.44. The average molecular weight is 254 g/mol. The fourth-order valence-electron chi connectivity index (χ4n) is 2.44. The van der Waals surface area contributed by atoms with E-state index < -0.39 is 0 Å². The summed E-state index contributed by atoms with van der Waals surface area (Å²) in [7, 11) is 0. The molecule has 1 heterocycles. The molecule has 1 aliphatic carbocycles. The van der Waals surface area contributed by atoms with Crippen LogP contribution in [0, 0.1) is 0 Å². The van der Waals surface area contributed by atoms with Crippen molar-refractivity contribution in [2.24, 2.45) is 4.99 Å². The lowest BCUT2D eigenvalue weighted by Gasteiger charge is -2.26. The summed E-state index contributed by atoms with van der Waals surface area (Å²) in [6.45, 7) is 0.538. The zero-order valence-corrected chi connectivity index (χ0v) is 10.3. The minimum Gasteiger partial charge on any atom is -0.507 e. The van der Waals surface area contributed by atoms with Crippen molar-refractivity contribution in [1.82, 2.24) is 4.90 Å². The van der Waals surface area contributed by atoms with Crippen LogP contribution in [0.4, 0.5) is 0 Å². The van der Waals surface area contributed by atoms with E-state index in [1.54, 1.807) is 12.1 Å². The molecule has 0 saturated carbocycles. The van der Waals surface area contributed by atoms with E-state index in [-0.39, 0.29) is 17.8 Å². The predicted octanol–water partition coefficient (Wildman–Crippen LogP) is 1.91. The van der Waals surface area contributed by atoms with Crippen LogP contribution in [-0.2, 0) is 6.54 Å². The Bertz CT molecular complexity index is 590. The Kier molecular flexibility index (Phi) is 2.91. The van der Waals surface area contributed by atoms with Gasteiger partial charge in [-0.1, -0.05) is 36.4 Å². The largest absolute Gasteiger partial charge is 0.507 e. The second kappa shape index (κ2) is 4.72. The first kappa shape index (κ1) is 11.7. The molecule has 1 aromatic carbocycles. The normalized spacial score (nSPS) is 23.7. The minimum atomic E-state index is 0.0599. The number of allylic oxidation sites excluding steroid dienone is 2. The standard InChI is InChI=1S/C15H14N2O2/c18-9-12-5-3-4-11(15(12)19)8-17-10-16-13-6-1-2-7-14(13)17/h1-7,9-10,13-14,19H,8H2. The first-order valence-corrected chi connectivity index (χ1v) is 6.19. The van der Waals surface area contributed by atoms with Gasteiger partial charge < -0.3 is 10.0 Å². The Morgan fingerprint density at radius 2 is 2.16 bits per heavy atom. The number of carbonyl (C=O) groups is 1. The van der Waals surface area contributed by atoms with Gasteiger partial charge in [-0.3, -0.25) is 9.79 Å². The number of carbonyl (C=O) groups excluding carboxylic acids is 1. The third-order valence-electron chi connectivity index (χ3n) is 3.48. The molecular formula is C15H14N2O2. The van der Waals surface area contributed by atoms with Gasteiger partial charge in [-0.2, -0.15) is 0 Å². The average Bonchev–Trinajstić information content (AvgIpc) is 2.85. The van der Waals surface area contributed by atoms with Crippen LogP contribution >= 0.6 is 0 Å². The summed E-state index contributed by atoms with van der Waals surface area (Å²) in [5.74, 6) is 0.0599. The number of para-hydroxylation sites is 1. The number of phenols is 1. The summed E-state index contributed by atoms with van der Waals surface area (Å²) < 4.78 is 0. The van der Waals surface area contributed by atoms with Gasteiger partial charge in [0, 0.05) is 12.1 Å². The second-order valence-corrected chi connectivity index (χ2v) is 4.66. The molecule has 3 rings (SSSR count). The number of fused-ring (bicyclic) bond motifs is 1. The van der Waals surface area contributed by atoms with E-state index in [1.807, 2.05) is 24.6 Å². The number of benzene rings is 1. The number of aromatic hydroxyl groups is 1. The van der Waals surface area contributed by atoms with Crippen LogP contribution in [0.1, 0.15) is 15.9 Å². The maximum Gasteiger partial charge on any atom is 0.153 e. The molecule has 96 valence electrons. The molecule has 1 aliphatic heterocycles. The third kappa shape index (κ3) is 2.05. The van der Waals surface area contributed by atoms with E-state index in [2.05, 4.69) is 22.0 Å². The van der Waals surface area contributed by atoms with Crippen LogP contribution in [-0.4, -0.2) is 34.7 Å². The highest BCUT2D eigenvalue weighted by Gasteiger charge is 2.28. The number of nitrogens with zero attached hydrogens (tertiary/aromatic N) is 2. The van der Waals surface area contributed by atoms with Crippen molar-refractivity contribution in [2.75, 3.05) is 0 Å². The third-order valence-corrected chi connectivity index (χ3v) is 3.48. The summed E-state index contributed by atoms with van der Waals surface area (Å²) in [6.07, 6.45) is 10.6. The quantitative estimate of drug-likeness (QED) is 0.838. The number of hydrogen-bond acceptors (Lipinski definition) is 4. The summed E-state index contributed by atoms with van der Waals surface area (Å²) in [5, 5.41) is 10.0. The fraction of sp³-hybridized carbons (Fsp3) is 0.200. The Balaban J connectivity index is 1.83. The first-order chi connectivity index (χ1) is 9.29. The van der Waals surface area contributed by atoms with E-state index in [1.165, 1.54) is 0 Å². The Morgan fingerprint density at radius 1 is 1.32 bits per heavy atom. The van der Waals surface area contributed by atoms with Crippen molar-refractivity contribution in [2.45, 2.75) is 18.6 Å². The van der Waals surface area contributed by atoms with Crippen LogP contribution in [0.2, 0.25) is 0 Å². The number of hydrogen-bond donors (Lipinski definition) is 1. The predicted molar refractivity (Wildman–Crippen MR) is 73.4 cm³/mol. The smallest absolute Gasteiger partial charge is 0.153 e. The summed E-state index contributed by atoms with van der Waals surface area (Å²) >= 11 is 0. The highest BCUT2D eigenvalue weighted by molar-refractivity contribution is 5.80. The molecule has 4 nitrogen and oxygen atoms in total. The van der Waals surface area contributed by atoms with Crippen molar-refractivity contribution in [1.29, 1.82) is 0 Å². The molecule has 19 heavy (non-hydrogen) atoms. The van der Waals surface area contributed by atoms with E-state index in [9.17, 15) is 9.90 Å². The van der Waals surface area contributed by atoms with Gasteiger partial charge >= 0.3 is 0 Å². The van der Waals surface area contributed by atoms with Crippen molar-refractivity contribution in [3.05, 3.63) is 53.6 Å². The minimum absolute atomic E-state index is 0.0599. The zero-order valence-electron chi connectivity index (χ0n) is 10.3. The lowest BCUT2D eigenvalue weighted by Crippen LogP contribution is -2.34. The molecular weight excluding hydrogens is 240 g/mol. The lowest BCUT2D eigenvalue weighted by molar-refractivity contribution is 0.112. The van der Waals surface area contributed by atoms with Gasteiger partial charge in [0.05, 0.1) is 24.0 Å². The zero-order chi connectivity index (χ0) is 13.2. The van der Waals surface area contributed by atoms with E-state index >= 15 is 0 Å². The van der Waals surface area contributed by atoms with Crippen molar-refractivity contribution < 1.29 is 9.90 Å². The highest BCUT2D eigenvalue weighted by atomic mass is 16.3. The molecule has 1 N–H and O–H groups in total. The van der Waals surface area contributed by atoms with E-state index in [0.29, 0.717) is 18.4 Å². The molecule has 2 unspecified atom stereocenters.